The zero-order chi connectivity index (χ0) is 11.7. The number of aryl methyl sites for hydroxylation is 1. The minimum Gasteiger partial charge on any atom is -0.421 e. The lowest BCUT2D eigenvalue weighted by Crippen LogP contribution is -2.43. The third-order valence-electron chi connectivity index (χ3n) is 3.06. The first-order valence-electron chi connectivity index (χ1n) is 5.91. The topological polar surface area (TPSA) is 51.0 Å². The van der Waals surface area contributed by atoms with Gasteiger partial charge in [0.05, 0.1) is 0 Å². The second-order valence-corrected chi connectivity index (χ2v) is 4.60. The van der Waals surface area contributed by atoms with Gasteiger partial charge in [-0.25, -0.2) is 0 Å². The summed E-state index contributed by atoms with van der Waals surface area (Å²) < 4.78 is 5.68. The summed E-state index contributed by atoms with van der Waals surface area (Å²) in [4.78, 5) is 0. The molecular weight excluding hydrogens is 214 g/mol. The highest BCUT2D eigenvalue weighted by Crippen LogP contribution is 2.20. The van der Waals surface area contributed by atoms with Gasteiger partial charge in [0.2, 0.25) is 11.8 Å². The average Bonchev–Trinajstić information content (AvgIpc) is 2.72. The van der Waals surface area contributed by atoms with E-state index in [0.717, 1.165) is 31.0 Å². The summed E-state index contributed by atoms with van der Waals surface area (Å²) in [5.74, 6) is 2.02. The van der Waals surface area contributed by atoms with Gasteiger partial charge >= 0.3 is 0 Å². The SMILES string of the molecule is Cc1cccc(-c2nnc(CC3CNC3)o2)c1. The summed E-state index contributed by atoms with van der Waals surface area (Å²) in [6.07, 6.45) is 0.881. The van der Waals surface area contributed by atoms with Crippen LogP contribution < -0.4 is 5.32 Å². The molecule has 2 heterocycles. The highest BCUT2D eigenvalue weighted by Gasteiger charge is 2.20. The summed E-state index contributed by atoms with van der Waals surface area (Å²) >= 11 is 0. The lowest BCUT2D eigenvalue weighted by Gasteiger charge is -2.25. The number of nitrogens with zero attached hydrogens (tertiary/aromatic N) is 2. The highest BCUT2D eigenvalue weighted by molar-refractivity contribution is 5.53. The lowest BCUT2D eigenvalue weighted by molar-refractivity contribution is 0.319. The van der Waals surface area contributed by atoms with Crippen LogP contribution in [0.3, 0.4) is 0 Å². The van der Waals surface area contributed by atoms with Crippen LogP contribution >= 0.6 is 0 Å². The van der Waals surface area contributed by atoms with Crippen molar-refractivity contribution in [3.63, 3.8) is 0 Å². The molecular formula is C13H15N3O. The van der Waals surface area contributed by atoms with Gasteiger partial charge in [0, 0.05) is 12.0 Å². The minimum absolute atomic E-state index is 0.621. The van der Waals surface area contributed by atoms with E-state index < -0.39 is 0 Å². The molecule has 4 nitrogen and oxygen atoms in total. The van der Waals surface area contributed by atoms with Crippen LogP contribution in [0.5, 0.6) is 0 Å². The molecule has 0 unspecified atom stereocenters. The van der Waals surface area contributed by atoms with Gasteiger partial charge in [-0.2, -0.15) is 0 Å². The maximum Gasteiger partial charge on any atom is 0.247 e. The Bertz CT molecular complexity index is 517. The van der Waals surface area contributed by atoms with Crippen LogP contribution in [0.2, 0.25) is 0 Å². The molecule has 0 atom stereocenters. The van der Waals surface area contributed by atoms with E-state index in [2.05, 4.69) is 34.6 Å². The minimum atomic E-state index is 0.621. The van der Waals surface area contributed by atoms with E-state index in [1.807, 2.05) is 12.1 Å². The monoisotopic (exact) mass is 229 g/mol. The van der Waals surface area contributed by atoms with Gasteiger partial charge in [0.1, 0.15) is 0 Å². The van der Waals surface area contributed by atoms with Crippen LogP contribution in [-0.2, 0) is 6.42 Å². The van der Waals surface area contributed by atoms with Crippen molar-refractivity contribution in [1.29, 1.82) is 0 Å². The van der Waals surface area contributed by atoms with Crippen molar-refractivity contribution in [2.75, 3.05) is 13.1 Å². The van der Waals surface area contributed by atoms with E-state index in [1.165, 1.54) is 5.56 Å². The summed E-state index contributed by atoms with van der Waals surface area (Å²) in [5, 5.41) is 11.4. The van der Waals surface area contributed by atoms with Gasteiger partial charge in [0.25, 0.3) is 0 Å². The molecule has 17 heavy (non-hydrogen) atoms. The Balaban J connectivity index is 1.79. The summed E-state index contributed by atoms with van der Waals surface area (Å²) in [5.41, 5.74) is 2.20. The van der Waals surface area contributed by atoms with Crippen molar-refractivity contribution in [2.45, 2.75) is 13.3 Å². The van der Waals surface area contributed by atoms with E-state index in [9.17, 15) is 0 Å². The summed E-state index contributed by atoms with van der Waals surface area (Å²) in [6, 6.07) is 8.11. The molecule has 1 aliphatic rings. The molecule has 0 aliphatic carbocycles. The predicted octanol–water partition coefficient (Wildman–Crippen LogP) is 1.81. The number of benzene rings is 1. The summed E-state index contributed by atoms with van der Waals surface area (Å²) in [6.45, 7) is 4.17. The van der Waals surface area contributed by atoms with Crippen molar-refractivity contribution in [2.24, 2.45) is 5.92 Å². The molecule has 1 saturated heterocycles. The number of rotatable bonds is 3. The molecule has 1 N–H and O–H groups in total. The van der Waals surface area contributed by atoms with Crippen LogP contribution in [0.15, 0.2) is 28.7 Å². The fourth-order valence-electron chi connectivity index (χ4n) is 1.97. The Morgan fingerprint density at radius 2 is 2.24 bits per heavy atom. The standard InChI is InChI=1S/C13H15N3O/c1-9-3-2-4-11(5-9)13-16-15-12(17-13)6-10-7-14-8-10/h2-5,10,14H,6-8H2,1H3. The number of nitrogens with one attached hydrogen (secondary N) is 1. The van der Waals surface area contributed by atoms with Crippen molar-refractivity contribution in [3.05, 3.63) is 35.7 Å². The fourth-order valence-corrected chi connectivity index (χ4v) is 1.97. The number of hydrogen-bond donors (Lipinski definition) is 1. The Kier molecular flexibility index (Phi) is 2.65. The molecule has 0 radical (unpaired) electrons. The zero-order valence-electron chi connectivity index (χ0n) is 9.81. The highest BCUT2D eigenvalue weighted by atomic mass is 16.4. The second-order valence-electron chi connectivity index (χ2n) is 4.60. The van der Waals surface area contributed by atoms with Crippen LogP contribution in [0, 0.1) is 12.8 Å². The lowest BCUT2D eigenvalue weighted by atomic mass is 10.00. The van der Waals surface area contributed by atoms with Crippen LogP contribution in [0.4, 0.5) is 0 Å². The molecule has 2 aromatic rings. The van der Waals surface area contributed by atoms with Gasteiger partial charge in [-0.1, -0.05) is 17.7 Å². The molecule has 1 aliphatic heterocycles. The van der Waals surface area contributed by atoms with Gasteiger partial charge < -0.3 is 9.73 Å². The fraction of sp³-hybridized carbons (Fsp3) is 0.385. The van der Waals surface area contributed by atoms with Crippen LogP contribution in [-0.4, -0.2) is 23.3 Å². The number of aromatic nitrogens is 2. The third kappa shape index (κ3) is 2.22. The quantitative estimate of drug-likeness (QED) is 0.872. The molecule has 0 saturated carbocycles. The smallest absolute Gasteiger partial charge is 0.247 e. The Hall–Kier alpha value is -1.68. The van der Waals surface area contributed by atoms with Crippen molar-refractivity contribution in [1.82, 2.24) is 15.5 Å². The first-order valence-corrected chi connectivity index (χ1v) is 5.91. The van der Waals surface area contributed by atoms with E-state index in [4.69, 9.17) is 4.42 Å². The molecule has 1 aromatic heterocycles. The van der Waals surface area contributed by atoms with Crippen molar-refractivity contribution in [3.8, 4) is 11.5 Å². The molecule has 88 valence electrons. The largest absolute Gasteiger partial charge is 0.421 e. The Morgan fingerprint density at radius 1 is 1.35 bits per heavy atom. The number of hydrogen-bond acceptors (Lipinski definition) is 4. The molecule has 0 bridgehead atoms. The second kappa shape index (κ2) is 4.30. The predicted molar refractivity (Wildman–Crippen MR) is 64.5 cm³/mol. The maximum atomic E-state index is 5.68. The molecule has 0 amide bonds. The van der Waals surface area contributed by atoms with Gasteiger partial charge in [-0.3, -0.25) is 0 Å². The molecule has 0 spiro atoms. The molecule has 4 heteroatoms. The van der Waals surface area contributed by atoms with E-state index >= 15 is 0 Å². The Morgan fingerprint density at radius 3 is 2.94 bits per heavy atom. The third-order valence-corrected chi connectivity index (χ3v) is 3.06. The first-order chi connectivity index (χ1) is 8.31. The maximum absolute atomic E-state index is 5.68. The summed E-state index contributed by atoms with van der Waals surface area (Å²) in [7, 11) is 0. The van der Waals surface area contributed by atoms with Gasteiger partial charge in [0.15, 0.2) is 0 Å². The van der Waals surface area contributed by atoms with E-state index in [-0.39, 0.29) is 0 Å². The van der Waals surface area contributed by atoms with Crippen molar-refractivity contribution >= 4 is 0 Å². The average molecular weight is 229 g/mol. The van der Waals surface area contributed by atoms with Crippen LogP contribution in [0.25, 0.3) is 11.5 Å². The first kappa shape index (κ1) is 10.5. The van der Waals surface area contributed by atoms with Gasteiger partial charge in [-0.05, 0) is 38.1 Å². The van der Waals surface area contributed by atoms with Crippen LogP contribution in [0.1, 0.15) is 11.5 Å². The zero-order valence-corrected chi connectivity index (χ0v) is 9.81. The van der Waals surface area contributed by atoms with Gasteiger partial charge in [-0.15, -0.1) is 10.2 Å². The molecule has 1 fully saturated rings. The molecule has 3 rings (SSSR count). The molecule has 1 aromatic carbocycles. The van der Waals surface area contributed by atoms with E-state index in [0.29, 0.717) is 11.8 Å². The Labute approximate surface area is 100 Å². The normalized spacial score (nSPS) is 15.8. The van der Waals surface area contributed by atoms with Crippen molar-refractivity contribution < 1.29 is 4.42 Å². The van der Waals surface area contributed by atoms with E-state index in [1.54, 1.807) is 0 Å².